The van der Waals surface area contributed by atoms with Crippen molar-refractivity contribution in [3.8, 4) is 45.9 Å². The molecule has 4 aromatic carbocycles. The van der Waals surface area contributed by atoms with Crippen LogP contribution in [0, 0.1) is 0 Å². The maximum absolute atomic E-state index is 13.0. The third kappa shape index (κ3) is 10.8. The average Bonchev–Trinajstić information content (AvgIpc) is 3.84. The summed E-state index contributed by atoms with van der Waals surface area (Å²) in [4.78, 5) is 35.1. The van der Waals surface area contributed by atoms with Crippen molar-refractivity contribution in [3.63, 3.8) is 0 Å². The Balaban J connectivity index is 0.00000561. The molecule has 274 valence electrons. The van der Waals surface area contributed by atoms with E-state index in [9.17, 15) is 9.59 Å². The maximum atomic E-state index is 13.0. The first kappa shape index (κ1) is 39.8. The molecule has 0 saturated carbocycles. The molecule has 54 heavy (non-hydrogen) atoms. The van der Waals surface area contributed by atoms with Gasteiger partial charge >= 0.3 is 41.5 Å². The number of carbonyl (C=O) groups excluding carboxylic acids is 2. The number of ether oxygens (including phenoxy) is 5. The number of oxazole rings is 2. The molecule has 12 heteroatoms. The van der Waals surface area contributed by atoms with Gasteiger partial charge in [0.25, 0.3) is 0 Å². The molecule has 6 rings (SSSR count). The fraction of sp³-hybridized carbons (Fsp3) is 0.238. The van der Waals surface area contributed by atoms with Crippen LogP contribution in [0.4, 0.5) is 0 Å². The van der Waals surface area contributed by atoms with Gasteiger partial charge in [-0.15, -0.1) is 0 Å². The minimum atomic E-state index is -1.48. The topological polar surface area (TPSA) is 132 Å². The Morgan fingerprint density at radius 1 is 0.537 bits per heavy atom. The van der Waals surface area contributed by atoms with E-state index in [1.807, 2.05) is 60.7 Å². The van der Waals surface area contributed by atoms with E-state index in [2.05, 4.69) is 9.97 Å². The van der Waals surface area contributed by atoms with Crippen molar-refractivity contribution in [1.82, 2.24) is 9.97 Å². The van der Waals surface area contributed by atoms with Crippen LogP contribution in [0.3, 0.4) is 0 Å². The monoisotopic (exact) mass is 740 g/mol. The van der Waals surface area contributed by atoms with Crippen LogP contribution in [-0.2, 0) is 27.2 Å². The second-order valence-electron chi connectivity index (χ2n) is 13.1. The average molecular weight is 741 g/mol. The van der Waals surface area contributed by atoms with E-state index in [1.165, 1.54) is 27.7 Å². The zero-order chi connectivity index (χ0) is 37.3. The number of esters is 2. The molecule has 0 amide bonds. The van der Waals surface area contributed by atoms with Crippen molar-refractivity contribution < 1.29 is 42.1 Å². The standard InChI is InChI=1S/C42H40N2O9.Na.H/c1-41(2,52-35-19-15-33(16-20-35)47-25-23-31-27-49-37(43-31)29-11-7-5-8-12-29)39(45)51-40(46)42(3,4)53-36-21-17-34(18-22-36)48-26-24-32-28-50-38(44-32)30-13-9-6-10-14-30;;/h5-22,27-28H,23-26H2,1-4H3;;. The zero-order valence-corrected chi connectivity index (χ0v) is 29.9. The normalized spacial score (nSPS) is 11.3. The van der Waals surface area contributed by atoms with E-state index < -0.39 is 23.1 Å². The molecule has 0 aliphatic rings. The van der Waals surface area contributed by atoms with Gasteiger partial charge in [-0.3, -0.25) is 0 Å². The van der Waals surface area contributed by atoms with Crippen LogP contribution in [-0.4, -0.2) is 75.9 Å². The molecule has 0 saturated heterocycles. The molecule has 2 heterocycles. The Labute approximate surface area is 335 Å². The van der Waals surface area contributed by atoms with Gasteiger partial charge in [0.1, 0.15) is 35.5 Å². The van der Waals surface area contributed by atoms with E-state index in [0.717, 1.165) is 22.5 Å². The van der Waals surface area contributed by atoms with Gasteiger partial charge in [-0.1, -0.05) is 36.4 Å². The van der Waals surface area contributed by atoms with Crippen molar-refractivity contribution in [2.24, 2.45) is 0 Å². The third-order valence-corrected chi connectivity index (χ3v) is 7.96. The second kappa shape index (κ2) is 18.1. The van der Waals surface area contributed by atoms with Crippen LogP contribution in [0.15, 0.2) is 131 Å². The number of benzene rings is 4. The van der Waals surface area contributed by atoms with Crippen LogP contribution in [0.2, 0.25) is 0 Å². The quantitative estimate of drug-likeness (QED) is 0.0550. The number of rotatable bonds is 16. The van der Waals surface area contributed by atoms with E-state index in [0.29, 0.717) is 60.8 Å². The number of hydrogen-bond donors (Lipinski definition) is 0. The summed E-state index contributed by atoms with van der Waals surface area (Å²) in [5, 5.41) is 0. The molecular weight excluding hydrogens is 699 g/mol. The number of carbonyl (C=O) groups is 2. The van der Waals surface area contributed by atoms with Crippen molar-refractivity contribution >= 4 is 41.5 Å². The first-order chi connectivity index (χ1) is 25.5. The van der Waals surface area contributed by atoms with Crippen LogP contribution in [0.25, 0.3) is 22.9 Å². The second-order valence-corrected chi connectivity index (χ2v) is 13.1. The number of hydrogen-bond acceptors (Lipinski definition) is 11. The van der Waals surface area contributed by atoms with Gasteiger partial charge in [0.15, 0.2) is 0 Å². The molecule has 0 bridgehead atoms. The Kier molecular flexibility index (Phi) is 13.4. The fourth-order valence-electron chi connectivity index (χ4n) is 5.03. The molecule has 0 spiro atoms. The van der Waals surface area contributed by atoms with E-state index in [1.54, 1.807) is 61.1 Å². The Morgan fingerprint density at radius 2 is 0.889 bits per heavy atom. The van der Waals surface area contributed by atoms with Crippen LogP contribution >= 0.6 is 0 Å². The summed E-state index contributed by atoms with van der Waals surface area (Å²) in [7, 11) is 0. The van der Waals surface area contributed by atoms with Gasteiger partial charge in [0.2, 0.25) is 23.0 Å². The van der Waals surface area contributed by atoms with E-state index >= 15 is 0 Å². The van der Waals surface area contributed by atoms with E-state index in [4.69, 9.17) is 32.5 Å². The molecule has 0 aliphatic heterocycles. The fourth-order valence-corrected chi connectivity index (χ4v) is 5.03. The molecule has 0 radical (unpaired) electrons. The van der Waals surface area contributed by atoms with Crippen LogP contribution < -0.4 is 18.9 Å². The van der Waals surface area contributed by atoms with Gasteiger partial charge in [-0.05, 0) is 100 Å². The molecule has 0 aliphatic carbocycles. The summed E-state index contributed by atoms with van der Waals surface area (Å²) in [6, 6.07) is 33.0. The van der Waals surface area contributed by atoms with Crippen molar-refractivity contribution in [2.45, 2.75) is 51.7 Å². The summed E-state index contributed by atoms with van der Waals surface area (Å²) in [6.07, 6.45) is 4.37. The number of aromatic nitrogens is 2. The third-order valence-electron chi connectivity index (χ3n) is 7.96. The Bertz CT molecular complexity index is 1940. The molecule has 0 N–H and O–H groups in total. The zero-order valence-electron chi connectivity index (χ0n) is 29.9. The Hall–Kier alpha value is -5.36. The summed E-state index contributed by atoms with van der Waals surface area (Å²) in [5.41, 5.74) is 0.420. The minimum absolute atomic E-state index is 0. The van der Waals surface area contributed by atoms with Gasteiger partial charge in [-0.25, -0.2) is 19.6 Å². The summed E-state index contributed by atoms with van der Waals surface area (Å²) in [5.74, 6) is 1.41. The summed E-state index contributed by atoms with van der Waals surface area (Å²) in [6.45, 7) is 6.85. The van der Waals surface area contributed by atoms with Crippen molar-refractivity contribution in [1.29, 1.82) is 0 Å². The van der Waals surface area contributed by atoms with Gasteiger partial charge in [0.05, 0.1) is 24.6 Å². The predicted octanol–water partition coefficient (Wildman–Crippen LogP) is 7.68. The first-order valence-electron chi connectivity index (χ1n) is 17.1. The van der Waals surface area contributed by atoms with Gasteiger partial charge in [0, 0.05) is 24.0 Å². The molecular formula is C42H41N2NaO9. The molecule has 0 fully saturated rings. The predicted molar refractivity (Wildman–Crippen MR) is 203 cm³/mol. The molecule has 6 aromatic rings. The SMILES string of the molecule is CC(C)(Oc1ccc(OCCc2coc(-c3ccccc3)n2)cc1)C(=O)OC(=O)C(C)(C)Oc1ccc(OCCc2coc(-c3ccccc3)n2)cc1.[NaH]. The van der Waals surface area contributed by atoms with Crippen molar-refractivity contribution in [3.05, 3.63) is 133 Å². The molecule has 2 aromatic heterocycles. The summed E-state index contributed by atoms with van der Waals surface area (Å²) >= 11 is 0. The summed E-state index contributed by atoms with van der Waals surface area (Å²) < 4.78 is 39.9. The van der Waals surface area contributed by atoms with Gasteiger partial charge in [-0.2, -0.15) is 0 Å². The molecule has 11 nitrogen and oxygen atoms in total. The number of nitrogens with zero attached hydrogens (tertiary/aromatic N) is 2. The van der Waals surface area contributed by atoms with Crippen molar-refractivity contribution in [2.75, 3.05) is 13.2 Å². The van der Waals surface area contributed by atoms with Crippen LogP contribution in [0.5, 0.6) is 23.0 Å². The van der Waals surface area contributed by atoms with Crippen LogP contribution in [0.1, 0.15) is 39.1 Å². The Morgan fingerprint density at radius 3 is 1.26 bits per heavy atom. The molecule has 0 unspecified atom stereocenters. The molecule has 0 atom stereocenters. The van der Waals surface area contributed by atoms with Gasteiger partial charge < -0.3 is 32.5 Å². The first-order valence-corrected chi connectivity index (χ1v) is 17.1. The van der Waals surface area contributed by atoms with E-state index in [-0.39, 0.29) is 29.6 Å².